The zero-order valence-electron chi connectivity index (χ0n) is 12.0. The van der Waals surface area contributed by atoms with Gasteiger partial charge in [0, 0.05) is 6.20 Å². The van der Waals surface area contributed by atoms with Crippen molar-refractivity contribution in [1.29, 1.82) is 0 Å². The monoisotopic (exact) mass is 311 g/mol. The first-order chi connectivity index (χ1) is 11.1. The number of rotatable bonds is 4. The van der Waals surface area contributed by atoms with E-state index < -0.39 is 11.5 Å². The molecule has 0 aliphatic carbocycles. The summed E-state index contributed by atoms with van der Waals surface area (Å²) >= 11 is 0. The average molecular weight is 311 g/mol. The summed E-state index contributed by atoms with van der Waals surface area (Å²) < 4.78 is 6.22. The number of nitrogens with one attached hydrogen (secondary N) is 1. The molecule has 0 bridgehead atoms. The van der Waals surface area contributed by atoms with Gasteiger partial charge < -0.3 is 15.5 Å². The first-order valence-corrected chi connectivity index (χ1v) is 6.76. The van der Waals surface area contributed by atoms with Crippen molar-refractivity contribution >= 4 is 17.4 Å². The van der Waals surface area contributed by atoms with E-state index in [1.165, 1.54) is 12.3 Å². The van der Waals surface area contributed by atoms with Gasteiger partial charge in [-0.2, -0.15) is 5.10 Å². The summed E-state index contributed by atoms with van der Waals surface area (Å²) in [6.07, 6.45) is 3.03. The van der Waals surface area contributed by atoms with Gasteiger partial charge in [0.15, 0.2) is 5.76 Å². The number of amides is 1. The van der Waals surface area contributed by atoms with Gasteiger partial charge in [0.05, 0.1) is 6.26 Å². The molecule has 23 heavy (non-hydrogen) atoms. The fourth-order valence-electron chi connectivity index (χ4n) is 1.97. The van der Waals surface area contributed by atoms with Crippen molar-refractivity contribution in [1.82, 2.24) is 14.8 Å². The number of nitrogens with two attached hydrogens (primary N) is 1. The van der Waals surface area contributed by atoms with Crippen LogP contribution in [0.25, 0.3) is 11.5 Å². The molecule has 3 N–H and O–H groups in total. The van der Waals surface area contributed by atoms with Gasteiger partial charge in [-0.05, 0) is 30.3 Å². The van der Waals surface area contributed by atoms with Gasteiger partial charge in [-0.15, -0.1) is 0 Å². The molecule has 3 rings (SSSR count). The Labute approximate surface area is 130 Å². The van der Waals surface area contributed by atoms with E-state index in [1.807, 2.05) is 0 Å². The van der Waals surface area contributed by atoms with Crippen molar-refractivity contribution in [2.75, 3.05) is 11.1 Å². The van der Waals surface area contributed by atoms with E-state index in [1.54, 1.807) is 36.5 Å². The minimum Gasteiger partial charge on any atom is -0.463 e. The lowest BCUT2D eigenvalue weighted by atomic mass is 10.3. The van der Waals surface area contributed by atoms with Crippen LogP contribution in [0, 0.1) is 0 Å². The fraction of sp³-hybridized carbons (Fsp3) is 0.0667. The maximum atomic E-state index is 12.0. The lowest BCUT2D eigenvalue weighted by Crippen LogP contribution is -2.31. The fourth-order valence-corrected chi connectivity index (χ4v) is 1.97. The topological polar surface area (TPSA) is 116 Å². The Morgan fingerprint density at radius 2 is 2.17 bits per heavy atom. The first-order valence-electron chi connectivity index (χ1n) is 6.76. The molecule has 0 saturated heterocycles. The van der Waals surface area contributed by atoms with E-state index in [0.29, 0.717) is 17.3 Å². The summed E-state index contributed by atoms with van der Waals surface area (Å²) in [4.78, 5) is 28.0. The van der Waals surface area contributed by atoms with E-state index in [-0.39, 0.29) is 12.2 Å². The molecule has 0 aliphatic rings. The number of hydrogen-bond donors (Lipinski definition) is 2. The van der Waals surface area contributed by atoms with Crippen LogP contribution in [-0.2, 0) is 11.3 Å². The molecule has 0 spiro atoms. The Hall–Kier alpha value is -3.42. The molecule has 0 aromatic carbocycles. The van der Waals surface area contributed by atoms with E-state index in [4.69, 9.17) is 10.2 Å². The molecule has 0 fully saturated rings. The van der Waals surface area contributed by atoms with Crippen LogP contribution in [0.4, 0.5) is 11.5 Å². The number of nitrogen functional groups attached to an aromatic ring is 1. The second kappa shape index (κ2) is 6.14. The normalized spacial score (nSPS) is 10.4. The van der Waals surface area contributed by atoms with Crippen molar-refractivity contribution in [3.63, 3.8) is 0 Å². The molecule has 0 atom stereocenters. The number of aromatic nitrogens is 3. The summed E-state index contributed by atoms with van der Waals surface area (Å²) in [5.74, 6) is 0.408. The number of hydrogen-bond acceptors (Lipinski definition) is 6. The first kappa shape index (κ1) is 14.5. The van der Waals surface area contributed by atoms with Crippen molar-refractivity contribution in [3.05, 3.63) is 59.2 Å². The standard InChI is InChI=1S/C15H13N5O3/c16-10-8-11(12-4-3-7-23-12)19-20(15(10)22)9-14(21)18-13-5-1-2-6-17-13/h1-8H,9,16H2,(H,17,18,21). The highest BCUT2D eigenvalue weighted by Crippen LogP contribution is 2.17. The number of carbonyl (C=O) groups is 1. The molecule has 116 valence electrons. The second-order valence-corrected chi connectivity index (χ2v) is 4.69. The Bertz CT molecular complexity index is 872. The Balaban J connectivity index is 1.85. The van der Waals surface area contributed by atoms with Gasteiger partial charge in [-0.3, -0.25) is 9.59 Å². The van der Waals surface area contributed by atoms with Gasteiger partial charge in [0.2, 0.25) is 5.91 Å². The van der Waals surface area contributed by atoms with Crippen LogP contribution in [0.1, 0.15) is 0 Å². The average Bonchev–Trinajstić information content (AvgIpc) is 3.07. The molecular formula is C15H13N5O3. The number of nitrogens with zero attached hydrogens (tertiary/aromatic N) is 3. The highest BCUT2D eigenvalue weighted by molar-refractivity contribution is 5.89. The lowest BCUT2D eigenvalue weighted by Gasteiger charge is -2.08. The highest BCUT2D eigenvalue weighted by atomic mass is 16.3. The summed E-state index contributed by atoms with van der Waals surface area (Å²) in [6.45, 7) is -0.284. The Morgan fingerprint density at radius 1 is 1.30 bits per heavy atom. The second-order valence-electron chi connectivity index (χ2n) is 4.69. The predicted molar refractivity (Wildman–Crippen MR) is 83.5 cm³/mol. The molecule has 3 heterocycles. The zero-order valence-corrected chi connectivity index (χ0v) is 12.0. The molecule has 0 unspecified atom stereocenters. The maximum absolute atomic E-state index is 12.0. The molecule has 8 heteroatoms. The van der Waals surface area contributed by atoms with E-state index in [2.05, 4.69) is 15.4 Å². The third kappa shape index (κ3) is 3.26. The number of anilines is 2. The number of carbonyl (C=O) groups excluding carboxylic acids is 1. The van der Waals surface area contributed by atoms with Crippen molar-refractivity contribution in [2.24, 2.45) is 0 Å². The van der Waals surface area contributed by atoms with Gasteiger partial charge in [0.1, 0.15) is 23.7 Å². The maximum Gasteiger partial charge on any atom is 0.290 e. The van der Waals surface area contributed by atoms with Crippen molar-refractivity contribution < 1.29 is 9.21 Å². The minimum absolute atomic E-state index is 0.0166. The Morgan fingerprint density at radius 3 is 2.87 bits per heavy atom. The predicted octanol–water partition coefficient (Wildman–Crippen LogP) is 1.12. The molecule has 0 aliphatic heterocycles. The number of furan rings is 1. The van der Waals surface area contributed by atoms with Gasteiger partial charge in [-0.25, -0.2) is 9.67 Å². The molecule has 3 aromatic rings. The summed E-state index contributed by atoms with van der Waals surface area (Å²) in [7, 11) is 0. The molecule has 1 amide bonds. The molecule has 0 saturated carbocycles. The van der Waals surface area contributed by atoms with Crippen LogP contribution in [0.15, 0.2) is 58.1 Å². The summed E-state index contributed by atoms with van der Waals surface area (Å²) in [5.41, 5.74) is 5.51. The van der Waals surface area contributed by atoms with Crippen LogP contribution in [-0.4, -0.2) is 20.7 Å². The van der Waals surface area contributed by atoms with E-state index in [0.717, 1.165) is 4.68 Å². The minimum atomic E-state index is -0.545. The highest BCUT2D eigenvalue weighted by Gasteiger charge is 2.12. The van der Waals surface area contributed by atoms with Gasteiger partial charge in [0.25, 0.3) is 5.56 Å². The van der Waals surface area contributed by atoms with Crippen molar-refractivity contribution in [3.8, 4) is 11.5 Å². The van der Waals surface area contributed by atoms with E-state index in [9.17, 15) is 9.59 Å². The van der Waals surface area contributed by atoms with E-state index >= 15 is 0 Å². The van der Waals surface area contributed by atoms with Crippen molar-refractivity contribution in [2.45, 2.75) is 6.54 Å². The Kier molecular flexibility index (Phi) is 3.88. The number of pyridine rings is 1. The SMILES string of the molecule is Nc1cc(-c2ccco2)nn(CC(=O)Nc2ccccn2)c1=O. The zero-order chi connectivity index (χ0) is 16.2. The quantitative estimate of drug-likeness (QED) is 0.746. The molecule has 3 aromatic heterocycles. The molecule has 8 nitrogen and oxygen atoms in total. The van der Waals surface area contributed by atoms with Crippen LogP contribution in [0.2, 0.25) is 0 Å². The summed E-state index contributed by atoms with van der Waals surface area (Å²) in [6, 6.07) is 9.90. The van der Waals surface area contributed by atoms with Crippen LogP contribution < -0.4 is 16.6 Å². The van der Waals surface area contributed by atoms with Gasteiger partial charge in [-0.1, -0.05) is 6.07 Å². The third-order valence-electron chi connectivity index (χ3n) is 3.00. The molecule has 0 radical (unpaired) electrons. The summed E-state index contributed by atoms with van der Waals surface area (Å²) in [5, 5.41) is 6.68. The largest absolute Gasteiger partial charge is 0.463 e. The van der Waals surface area contributed by atoms with Crippen LogP contribution in [0.3, 0.4) is 0 Å². The lowest BCUT2D eigenvalue weighted by molar-refractivity contribution is -0.117. The smallest absolute Gasteiger partial charge is 0.290 e. The molecular weight excluding hydrogens is 298 g/mol. The van der Waals surface area contributed by atoms with Crippen LogP contribution in [0.5, 0.6) is 0 Å². The third-order valence-corrected chi connectivity index (χ3v) is 3.00. The van der Waals surface area contributed by atoms with Crippen LogP contribution >= 0.6 is 0 Å². The van der Waals surface area contributed by atoms with Gasteiger partial charge >= 0.3 is 0 Å².